The number of benzene rings is 2. The number of rotatable bonds is 4. The van der Waals surface area contributed by atoms with Crippen LogP contribution in [0.15, 0.2) is 48.5 Å². The standard InChI is InChI=1S/C17H15ClN2O4S/c18-14-5-1-12(2-6-14)11-19-17(22)13-3-7-15(8-4-13)20-16(21)9-10-25(20,23)24/h1-8H,9-11H2,(H,19,22). The molecule has 1 fully saturated rings. The van der Waals surface area contributed by atoms with Gasteiger partial charge < -0.3 is 5.32 Å². The number of carbonyl (C=O) groups excluding carboxylic acids is 2. The molecule has 1 heterocycles. The van der Waals surface area contributed by atoms with Crippen molar-refractivity contribution in [3.8, 4) is 0 Å². The summed E-state index contributed by atoms with van der Waals surface area (Å²) in [6.07, 6.45) is -0.0222. The highest BCUT2D eigenvalue weighted by Crippen LogP contribution is 2.25. The number of hydrogen-bond donors (Lipinski definition) is 1. The summed E-state index contributed by atoms with van der Waals surface area (Å²) in [6, 6.07) is 13.0. The van der Waals surface area contributed by atoms with Gasteiger partial charge in [0.05, 0.1) is 11.4 Å². The highest BCUT2D eigenvalue weighted by atomic mass is 35.5. The Kier molecular flexibility index (Phi) is 4.78. The molecule has 1 aliphatic rings. The van der Waals surface area contributed by atoms with E-state index < -0.39 is 15.9 Å². The molecule has 130 valence electrons. The highest BCUT2D eigenvalue weighted by molar-refractivity contribution is 7.94. The minimum Gasteiger partial charge on any atom is -0.348 e. The molecule has 1 aliphatic heterocycles. The Morgan fingerprint density at radius 1 is 1.08 bits per heavy atom. The highest BCUT2D eigenvalue weighted by Gasteiger charge is 2.36. The molecule has 3 rings (SSSR count). The van der Waals surface area contributed by atoms with Gasteiger partial charge in [0.15, 0.2) is 0 Å². The average molecular weight is 379 g/mol. The molecule has 0 unspecified atom stereocenters. The number of anilines is 1. The molecule has 2 aromatic rings. The van der Waals surface area contributed by atoms with Crippen molar-refractivity contribution in [2.45, 2.75) is 13.0 Å². The molecule has 0 aromatic heterocycles. The van der Waals surface area contributed by atoms with Crippen molar-refractivity contribution >= 4 is 39.1 Å². The maximum Gasteiger partial charge on any atom is 0.251 e. The zero-order valence-electron chi connectivity index (χ0n) is 13.1. The van der Waals surface area contributed by atoms with Gasteiger partial charge >= 0.3 is 0 Å². The zero-order valence-corrected chi connectivity index (χ0v) is 14.7. The molecule has 2 aromatic carbocycles. The Labute approximate surface area is 150 Å². The third kappa shape index (κ3) is 3.83. The van der Waals surface area contributed by atoms with Crippen molar-refractivity contribution in [1.29, 1.82) is 0 Å². The molecule has 0 radical (unpaired) electrons. The summed E-state index contributed by atoms with van der Waals surface area (Å²) < 4.78 is 24.6. The first-order chi connectivity index (χ1) is 11.9. The van der Waals surface area contributed by atoms with E-state index >= 15 is 0 Å². The quantitative estimate of drug-likeness (QED) is 0.885. The molecule has 8 heteroatoms. The van der Waals surface area contributed by atoms with Crippen LogP contribution in [0.4, 0.5) is 5.69 Å². The largest absolute Gasteiger partial charge is 0.348 e. The van der Waals surface area contributed by atoms with E-state index in [0.717, 1.165) is 9.87 Å². The van der Waals surface area contributed by atoms with Gasteiger partial charge in [-0.2, -0.15) is 0 Å². The second kappa shape index (κ2) is 6.85. The van der Waals surface area contributed by atoms with Crippen LogP contribution in [0.5, 0.6) is 0 Å². The Bertz CT molecular complexity index is 909. The maximum atomic E-state index is 12.2. The number of amides is 2. The smallest absolute Gasteiger partial charge is 0.251 e. The lowest BCUT2D eigenvalue weighted by Crippen LogP contribution is -2.29. The lowest BCUT2D eigenvalue weighted by Gasteiger charge is -2.15. The first-order valence-electron chi connectivity index (χ1n) is 7.55. The van der Waals surface area contributed by atoms with Gasteiger partial charge in [0, 0.05) is 23.6 Å². The SMILES string of the molecule is O=C(NCc1ccc(Cl)cc1)c1ccc(N2C(=O)CCS2(=O)=O)cc1. The van der Waals surface area contributed by atoms with Crippen LogP contribution in [0.25, 0.3) is 0 Å². The van der Waals surface area contributed by atoms with Crippen LogP contribution < -0.4 is 9.62 Å². The van der Waals surface area contributed by atoms with E-state index in [1.807, 2.05) is 12.1 Å². The predicted molar refractivity (Wildman–Crippen MR) is 95.0 cm³/mol. The van der Waals surface area contributed by atoms with E-state index in [0.29, 0.717) is 17.1 Å². The van der Waals surface area contributed by atoms with Crippen LogP contribution in [0, 0.1) is 0 Å². The molecule has 0 saturated carbocycles. The van der Waals surface area contributed by atoms with E-state index in [1.54, 1.807) is 12.1 Å². The summed E-state index contributed by atoms with van der Waals surface area (Å²) in [7, 11) is -3.60. The summed E-state index contributed by atoms with van der Waals surface area (Å²) in [4.78, 5) is 23.9. The fourth-order valence-electron chi connectivity index (χ4n) is 2.50. The summed E-state index contributed by atoms with van der Waals surface area (Å²) in [6.45, 7) is 0.344. The molecule has 0 atom stereocenters. The Morgan fingerprint density at radius 3 is 2.28 bits per heavy atom. The number of nitrogens with one attached hydrogen (secondary N) is 1. The summed E-state index contributed by atoms with van der Waals surface area (Å²) >= 11 is 5.81. The average Bonchev–Trinajstić information content (AvgIpc) is 2.87. The van der Waals surface area contributed by atoms with E-state index in [4.69, 9.17) is 11.6 Å². The van der Waals surface area contributed by atoms with Crippen molar-refractivity contribution < 1.29 is 18.0 Å². The fraction of sp³-hybridized carbons (Fsp3) is 0.176. The van der Waals surface area contributed by atoms with Gasteiger partial charge in [-0.3, -0.25) is 9.59 Å². The number of carbonyl (C=O) groups is 2. The minimum absolute atomic E-state index is 0.0222. The van der Waals surface area contributed by atoms with Gasteiger partial charge in [-0.1, -0.05) is 23.7 Å². The molecule has 0 aliphatic carbocycles. The van der Waals surface area contributed by atoms with Crippen LogP contribution in [-0.2, 0) is 21.4 Å². The minimum atomic E-state index is -3.60. The Morgan fingerprint density at radius 2 is 1.72 bits per heavy atom. The molecule has 6 nitrogen and oxygen atoms in total. The third-order valence-corrected chi connectivity index (χ3v) is 5.75. The van der Waals surface area contributed by atoms with E-state index in [2.05, 4.69) is 5.32 Å². The lowest BCUT2D eigenvalue weighted by atomic mass is 10.1. The van der Waals surface area contributed by atoms with Gasteiger partial charge in [0.25, 0.3) is 5.91 Å². The number of sulfonamides is 1. The predicted octanol–water partition coefficient (Wildman–Crippen LogP) is 2.34. The van der Waals surface area contributed by atoms with Crippen LogP contribution in [-0.4, -0.2) is 26.0 Å². The van der Waals surface area contributed by atoms with E-state index in [1.165, 1.54) is 24.3 Å². The Hall–Kier alpha value is -2.38. The van der Waals surface area contributed by atoms with Crippen molar-refractivity contribution in [3.05, 3.63) is 64.7 Å². The zero-order chi connectivity index (χ0) is 18.0. The van der Waals surface area contributed by atoms with Gasteiger partial charge in [-0.05, 0) is 42.0 Å². The normalized spacial score (nSPS) is 16.0. The van der Waals surface area contributed by atoms with Gasteiger partial charge in [0.2, 0.25) is 15.9 Å². The molecule has 2 amide bonds. The van der Waals surface area contributed by atoms with Crippen LogP contribution >= 0.6 is 11.6 Å². The van der Waals surface area contributed by atoms with Gasteiger partial charge in [-0.25, -0.2) is 12.7 Å². The molecule has 25 heavy (non-hydrogen) atoms. The second-order valence-corrected chi connectivity index (χ2v) is 7.95. The van der Waals surface area contributed by atoms with E-state index in [9.17, 15) is 18.0 Å². The molecular weight excluding hydrogens is 364 g/mol. The van der Waals surface area contributed by atoms with Crippen molar-refractivity contribution in [1.82, 2.24) is 5.32 Å². The summed E-state index contributed by atoms with van der Waals surface area (Å²) in [5.74, 6) is -0.938. The van der Waals surface area contributed by atoms with Gasteiger partial charge in [-0.15, -0.1) is 0 Å². The van der Waals surface area contributed by atoms with Crippen molar-refractivity contribution in [2.75, 3.05) is 10.1 Å². The second-order valence-electron chi connectivity index (χ2n) is 5.58. The number of hydrogen-bond acceptors (Lipinski definition) is 4. The molecule has 1 saturated heterocycles. The van der Waals surface area contributed by atoms with Crippen LogP contribution in [0.2, 0.25) is 5.02 Å². The Balaban J connectivity index is 1.68. The van der Waals surface area contributed by atoms with Crippen LogP contribution in [0.1, 0.15) is 22.3 Å². The molecule has 1 N–H and O–H groups in total. The molecule has 0 bridgehead atoms. The monoisotopic (exact) mass is 378 g/mol. The van der Waals surface area contributed by atoms with Crippen LogP contribution in [0.3, 0.4) is 0 Å². The van der Waals surface area contributed by atoms with Crippen molar-refractivity contribution in [2.24, 2.45) is 0 Å². The third-order valence-electron chi connectivity index (χ3n) is 3.81. The summed E-state index contributed by atoms with van der Waals surface area (Å²) in [5, 5.41) is 3.39. The molecule has 0 spiro atoms. The topological polar surface area (TPSA) is 83.6 Å². The molecular formula is C17H15ClN2O4S. The lowest BCUT2D eigenvalue weighted by molar-refractivity contribution is -0.116. The number of nitrogens with zero attached hydrogens (tertiary/aromatic N) is 1. The number of halogens is 1. The van der Waals surface area contributed by atoms with E-state index in [-0.39, 0.29) is 23.8 Å². The first kappa shape index (κ1) is 17.4. The van der Waals surface area contributed by atoms with Crippen molar-refractivity contribution in [3.63, 3.8) is 0 Å². The maximum absolute atomic E-state index is 12.2. The van der Waals surface area contributed by atoms with Gasteiger partial charge in [0.1, 0.15) is 0 Å². The first-order valence-corrected chi connectivity index (χ1v) is 9.54. The fourth-order valence-corrected chi connectivity index (χ4v) is 4.09. The summed E-state index contributed by atoms with van der Waals surface area (Å²) in [5.41, 5.74) is 1.53.